The minimum absolute atomic E-state index is 0.295. The quantitative estimate of drug-likeness (QED) is 0.766. The Morgan fingerprint density at radius 3 is 2.79 bits per heavy atom. The van der Waals surface area contributed by atoms with Gasteiger partial charge in [0.05, 0.1) is 11.6 Å². The molecule has 3 rings (SSSR count). The third-order valence-corrected chi connectivity index (χ3v) is 3.71. The third kappa shape index (κ3) is 2.98. The molecule has 0 saturated carbocycles. The average Bonchev–Trinajstić information content (AvgIpc) is 2.60. The SMILES string of the molecule is N#C[C@H](NC(=O)c1n[nH]c2ccccc2c1=O)c1cccc(Cl)c1. The van der Waals surface area contributed by atoms with Crippen LogP contribution < -0.4 is 10.7 Å². The summed E-state index contributed by atoms with van der Waals surface area (Å²) in [5.41, 5.74) is 0.266. The smallest absolute Gasteiger partial charge is 0.277 e. The molecule has 0 radical (unpaired) electrons. The first kappa shape index (κ1) is 15.7. The summed E-state index contributed by atoms with van der Waals surface area (Å²) in [7, 11) is 0. The molecule has 0 aliphatic carbocycles. The molecule has 6 nitrogen and oxygen atoms in total. The average molecular weight is 339 g/mol. The molecule has 24 heavy (non-hydrogen) atoms. The number of fused-ring (bicyclic) bond motifs is 1. The summed E-state index contributed by atoms with van der Waals surface area (Å²) in [5.74, 6) is -0.728. The van der Waals surface area contributed by atoms with Gasteiger partial charge < -0.3 is 5.32 Å². The lowest BCUT2D eigenvalue weighted by molar-refractivity contribution is 0.0938. The van der Waals surface area contributed by atoms with E-state index < -0.39 is 17.4 Å². The highest BCUT2D eigenvalue weighted by molar-refractivity contribution is 6.30. The van der Waals surface area contributed by atoms with Crippen LogP contribution in [-0.2, 0) is 0 Å². The standard InChI is InChI=1S/C17H11ClN4O2/c18-11-5-3-4-10(8-11)14(9-19)20-17(24)15-16(23)12-6-1-2-7-13(12)21-22-15/h1-8,14H,(H,20,24)(H,21,23)/t14-/m0/s1. The highest BCUT2D eigenvalue weighted by atomic mass is 35.5. The minimum Gasteiger partial charge on any atom is -0.331 e. The molecule has 0 fully saturated rings. The lowest BCUT2D eigenvalue weighted by atomic mass is 10.1. The number of halogens is 1. The van der Waals surface area contributed by atoms with E-state index in [4.69, 9.17) is 11.6 Å². The van der Waals surface area contributed by atoms with E-state index in [2.05, 4.69) is 15.5 Å². The fraction of sp³-hybridized carbons (Fsp3) is 0.0588. The zero-order valence-electron chi connectivity index (χ0n) is 12.3. The molecule has 0 spiro atoms. The van der Waals surface area contributed by atoms with E-state index in [-0.39, 0.29) is 5.69 Å². The van der Waals surface area contributed by atoms with Crippen molar-refractivity contribution >= 4 is 28.4 Å². The van der Waals surface area contributed by atoms with E-state index in [0.717, 1.165) is 0 Å². The molecule has 1 aromatic heterocycles. The van der Waals surface area contributed by atoms with E-state index in [1.54, 1.807) is 48.5 Å². The number of hydrogen-bond donors (Lipinski definition) is 2. The summed E-state index contributed by atoms with van der Waals surface area (Å²) in [4.78, 5) is 24.7. The summed E-state index contributed by atoms with van der Waals surface area (Å²) in [6, 6.07) is 14.4. The number of benzene rings is 2. The molecule has 0 unspecified atom stereocenters. The molecule has 1 amide bonds. The monoisotopic (exact) mass is 338 g/mol. The fourth-order valence-corrected chi connectivity index (χ4v) is 2.50. The van der Waals surface area contributed by atoms with Crippen LogP contribution in [0.3, 0.4) is 0 Å². The molecule has 2 aromatic carbocycles. The molecule has 1 heterocycles. The summed E-state index contributed by atoms with van der Waals surface area (Å²) < 4.78 is 0. The Kier molecular flexibility index (Phi) is 4.27. The molecule has 0 aliphatic rings. The Labute approximate surface area is 141 Å². The first-order valence-corrected chi connectivity index (χ1v) is 7.41. The maximum atomic E-state index is 12.4. The van der Waals surface area contributed by atoms with Crippen LogP contribution in [0.4, 0.5) is 0 Å². The summed E-state index contributed by atoms with van der Waals surface area (Å²) in [5, 5.41) is 19.1. The van der Waals surface area contributed by atoms with Crippen molar-refractivity contribution in [2.45, 2.75) is 6.04 Å². The van der Waals surface area contributed by atoms with Crippen LogP contribution in [-0.4, -0.2) is 16.1 Å². The molecule has 118 valence electrons. The third-order valence-electron chi connectivity index (χ3n) is 3.48. The number of H-pyrrole nitrogens is 1. The van der Waals surface area contributed by atoms with Gasteiger partial charge in [-0.3, -0.25) is 14.7 Å². The Morgan fingerprint density at radius 2 is 2.04 bits per heavy atom. The number of nitrogens with zero attached hydrogens (tertiary/aromatic N) is 2. The van der Waals surface area contributed by atoms with Crippen molar-refractivity contribution in [3.05, 3.63) is 75.0 Å². The molecular weight excluding hydrogens is 328 g/mol. The topological polar surface area (TPSA) is 98.6 Å². The number of nitrogens with one attached hydrogen (secondary N) is 2. The van der Waals surface area contributed by atoms with Crippen molar-refractivity contribution in [3.63, 3.8) is 0 Å². The summed E-state index contributed by atoms with van der Waals surface area (Å²) >= 11 is 5.90. The van der Waals surface area contributed by atoms with Gasteiger partial charge in [-0.25, -0.2) is 0 Å². The van der Waals surface area contributed by atoms with Crippen molar-refractivity contribution in [2.24, 2.45) is 0 Å². The van der Waals surface area contributed by atoms with Crippen LogP contribution in [0.1, 0.15) is 22.1 Å². The molecule has 2 N–H and O–H groups in total. The second-order valence-corrected chi connectivity index (χ2v) is 5.47. The number of carbonyl (C=O) groups is 1. The highest BCUT2D eigenvalue weighted by Crippen LogP contribution is 2.17. The van der Waals surface area contributed by atoms with Gasteiger partial charge >= 0.3 is 0 Å². The fourth-order valence-electron chi connectivity index (χ4n) is 2.30. The van der Waals surface area contributed by atoms with E-state index in [9.17, 15) is 14.9 Å². The first-order valence-electron chi connectivity index (χ1n) is 7.03. The van der Waals surface area contributed by atoms with Gasteiger partial charge in [0.15, 0.2) is 5.69 Å². The highest BCUT2D eigenvalue weighted by Gasteiger charge is 2.20. The number of amides is 1. The number of nitriles is 1. The zero-order valence-corrected chi connectivity index (χ0v) is 13.0. The first-order chi connectivity index (χ1) is 11.6. The van der Waals surface area contributed by atoms with Crippen LogP contribution in [0.15, 0.2) is 53.3 Å². The van der Waals surface area contributed by atoms with Crippen LogP contribution in [0.25, 0.3) is 10.9 Å². The Morgan fingerprint density at radius 1 is 1.25 bits per heavy atom. The number of aromatic nitrogens is 2. The number of aromatic amines is 1. The van der Waals surface area contributed by atoms with E-state index in [0.29, 0.717) is 21.5 Å². The van der Waals surface area contributed by atoms with Crippen LogP contribution in [0.5, 0.6) is 0 Å². The van der Waals surface area contributed by atoms with Crippen LogP contribution in [0.2, 0.25) is 5.02 Å². The maximum absolute atomic E-state index is 12.4. The Bertz CT molecular complexity index is 1020. The molecular formula is C17H11ClN4O2. The predicted octanol–water partition coefficient (Wildman–Crippen LogP) is 2.57. The largest absolute Gasteiger partial charge is 0.331 e. The van der Waals surface area contributed by atoms with Crippen molar-refractivity contribution in [1.29, 1.82) is 5.26 Å². The zero-order chi connectivity index (χ0) is 17.1. The number of para-hydroxylation sites is 1. The van der Waals surface area contributed by atoms with Gasteiger partial charge in [0.2, 0.25) is 5.43 Å². The van der Waals surface area contributed by atoms with E-state index >= 15 is 0 Å². The minimum atomic E-state index is -0.941. The predicted molar refractivity (Wildman–Crippen MR) is 89.6 cm³/mol. The molecule has 7 heteroatoms. The van der Waals surface area contributed by atoms with Crippen molar-refractivity contribution in [3.8, 4) is 6.07 Å². The van der Waals surface area contributed by atoms with Crippen molar-refractivity contribution < 1.29 is 4.79 Å². The van der Waals surface area contributed by atoms with Gasteiger partial charge in [-0.05, 0) is 29.8 Å². The van der Waals surface area contributed by atoms with Gasteiger partial charge in [-0.15, -0.1) is 0 Å². The Balaban J connectivity index is 1.93. The number of hydrogen-bond acceptors (Lipinski definition) is 4. The van der Waals surface area contributed by atoms with E-state index in [1.165, 1.54) is 0 Å². The van der Waals surface area contributed by atoms with E-state index in [1.807, 2.05) is 6.07 Å². The van der Waals surface area contributed by atoms with Gasteiger partial charge in [0.25, 0.3) is 5.91 Å². The normalized spacial score (nSPS) is 11.7. The van der Waals surface area contributed by atoms with Crippen LogP contribution >= 0.6 is 11.6 Å². The number of carbonyl (C=O) groups excluding carboxylic acids is 1. The summed E-state index contributed by atoms with van der Waals surface area (Å²) in [6.07, 6.45) is 0. The second-order valence-electron chi connectivity index (χ2n) is 5.04. The molecule has 0 bridgehead atoms. The molecule has 0 aliphatic heterocycles. The lowest BCUT2D eigenvalue weighted by Crippen LogP contribution is -2.33. The van der Waals surface area contributed by atoms with Gasteiger partial charge in [-0.1, -0.05) is 35.9 Å². The summed E-state index contributed by atoms with van der Waals surface area (Å²) in [6.45, 7) is 0. The second kappa shape index (κ2) is 6.52. The van der Waals surface area contributed by atoms with Crippen molar-refractivity contribution in [1.82, 2.24) is 15.5 Å². The lowest BCUT2D eigenvalue weighted by Gasteiger charge is -2.11. The molecule has 0 saturated heterocycles. The van der Waals surface area contributed by atoms with Gasteiger partial charge in [0.1, 0.15) is 6.04 Å². The van der Waals surface area contributed by atoms with Crippen LogP contribution in [0, 0.1) is 11.3 Å². The maximum Gasteiger partial charge on any atom is 0.277 e. The Hall–Kier alpha value is -3.17. The van der Waals surface area contributed by atoms with Gasteiger partial charge in [-0.2, -0.15) is 10.4 Å². The molecule has 3 aromatic rings. The van der Waals surface area contributed by atoms with Crippen molar-refractivity contribution in [2.75, 3.05) is 0 Å². The number of rotatable bonds is 3. The molecule has 1 atom stereocenters. The van der Waals surface area contributed by atoms with Gasteiger partial charge in [0, 0.05) is 10.4 Å².